The average molecular weight is 422 g/mol. The summed E-state index contributed by atoms with van der Waals surface area (Å²) >= 11 is 0. The van der Waals surface area contributed by atoms with Crippen LogP contribution in [0.15, 0.2) is 54.6 Å². The molecule has 2 aromatic carbocycles. The van der Waals surface area contributed by atoms with Crippen LogP contribution in [0.25, 0.3) is 0 Å². The number of carbonyl (C=O) groups is 1. The van der Waals surface area contributed by atoms with Gasteiger partial charge in [0.25, 0.3) is 0 Å². The molecule has 0 unspecified atom stereocenters. The van der Waals surface area contributed by atoms with Crippen LogP contribution in [0.3, 0.4) is 0 Å². The number of amides is 1. The Kier molecular flexibility index (Phi) is 6.16. The van der Waals surface area contributed by atoms with Crippen LogP contribution >= 0.6 is 0 Å². The number of hydrogen-bond acceptors (Lipinski definition) is 6. The van der Waals surface area contributed by atoms with Crippen LogP contribution in [-0.2, 0) is 16.7 Å². The second-order valence-corrected chi connectivity index (χ2v) is 7.59. The van der Waals surface area contributed by atoms with E-state index >= 15 is 0 Å². The van der Waals surface area contributed by atoms with Crippen LogP contribution in [-0.4, -0.2) is 58.0 Å². The van der Waals surface area contributed by atoms with Gasteiger partial charge in [0.15, 0.2) is 5.82 Å². The summed E-state index contributed by atoms with van der Waals surface area (Å²) in [6, 6.07) is 18.0. The molecule has 0 spiro atoms. The summed E-state index contributed by atoms with van der Waals surface area (Å²) in [4.78, 5) is 15.6. The molecule has 0 saturated carbocycles. The average Bonchev–Trinajstić information content (AvgIpc) is 3.29. The Labute approximate surface area is 181 Å². The first-order valence-electron chi connectivity index (χ1n) is 10.5. The van der Waals surface area contributed by atoms with Crippen LogP contribution in [0.2, 0.25) is 0 Å². The summed E-state index contributed by atoms with van der Waals surface area (Å²) in [5, 5.41) is 13.5. The third-order valence-corrected chi connectivity index (χ3v) is 5.85. The van der Waals surface area contributed by atoms with Gasteiger partial charge in [-0.15, -0.1) is 10.2 Å². The molecule has 1 fully saturated rings. The van der Waals surface area contributed by atoms with Gasteiger partial charge >= 0.3 is 6.09 Å². The lowest BCUT2D eigenvalue weighted by molar-refractivity contribution is 0.0897. The minimum Gasteiger partial charge on any atom is -0.496 e. The van der Waals surface area contributed by atoms with Crippen molar-refractivity contribution in [1.82, 2.24) is 25.1 Å². The monoisotopic (exact) mass is 421 g/mol. The first-order valence-corrected chi connectivity index (χ1v) is 10.5. The standard InChI is InChI=1S/C23H27N5O3/c1-3-31-22(29)27-15-13-23(14-16-27,19-10-5-4-6-11-19)21-24-26-28(25-21)17-18-9-7-8-12-20(18)30-2/h4-12H,3,13-17H2,1-2H3. The number of piperidine rings is 1. The zero-order valence-electron chi connectivity index (χ0n) is 17.9. The van der Waals surface area contributed by atoms with E-state index in [0.717, 1.165) is 16.9 Å². The Balaban J connectivity index is 1.61. The number of likely N-dealkylation sites (tertiary alicyclic amines) is 1. The second kappa shape index (κ2) is 9.16. The highest BCUT2D eigenvalue weighted by Crippen LogP contribution is 2.40. The van der Waals surface area contributed by atoms with Gasteiger partial charge in [-0.05, 0) is 36.6 Å². The third-order valence-electron chi connectivity index (χ3n) is 5.85. The van der Waals surface area contributed by atoms with E-state index in [9.17, 15) is 4.79 Å². The fourth-order valence-corrected chi connectivity index (χ4v) is 4.17. The minimum absolute atomic E-state index is 0.267. The molecule has 1 aromatic heterocycles. The molecule has 0 bridgehead atoms. The molecule has 1 amide bonds. The van der Waals surface area contributed by atoms with Crippen molar-refractivity contribution in [2.75, 3.05) is 26.8 Å². The topological polar surface area (TPSA) is 82.4 Å². The van der Waals surface area contributed by atoms with Crippen LogP contribution in [0, 0.1) is 0 Å². The van der Waals surface area contributed by atoms with Gasteiger partial charge in [0.1, 0.15) is 5.75 Å². The number of hydrogen-bond donors (Lipinski definition) is 0. The Bertz CT molecular complexity index is 1010. The Morgan fingerprint density at radius 3 is 2.48 bits per heavy atom. The summed E-state index contributed by atoms with van der Waals surface area (Å²) in [6.45, 7) is 3.82. The van der Waals surface area contributed by atoms with Gasteiger partial charge in [-0.2, -0.15) is 4.80 Å². The quantitative estimate of drug-likeness (QED) is 0.608. The molecular weight excluding hydrogens is 394 g/mol. The fourth-order valence-electron chi connectivity index (χ4n) is 4.17. The third kappa shape index (κ3) is 4.23. The largest absolute Gasteiger partial charge is 0.496 e. The van der Waals surface area contributed by atoms with Crippen molar-refractivity contribution in [3.8, 4) is 5.75 Å². The van der Waals surface area contributed by atoms with Gasteiger partial charge in [-0.25, -0.2) is 4.79 Å². The van der Waals surface area contributed by atoms with Crippen molar-refractivity contribution >= 4 is 6.09 Å². The first kappa shape index (κ1) is 20.8. The summed E-state index contributed by atoms with van der Waals surface area (Å²) in [6.07, 6.45) is 1.14. The highest BCUT2D eigenvalue weighted by molar-refractivity contribution is 5.67. The van der Waals surface area contributed by atoms with Crippen molar-refractivity contribution in [3.05, 3.63) is 71.5 Å². The number of tetrazole rings is 1. The molecule has 2 heterocycles. The number of nitrogens with zero attached hydrogens (tertiary/aromatic N) is 5. The molecule has 0 atom stereocenters. The Morgan fingerprint density at radius 2 is 1.77 bits per heavy atom. The number of para-hydroxylation sites is 1. The molecular formula is C23H27N5O3. The van der Waals surface area contributed by atoms with Crippen molar-refractivity contribution < 1.29 is 14.3 Å². The van der Waals surface area contributed by atoms with E-state index in [1.165, 1.54) is 0 Å². The minimum atomic E-state index is -0.400. The van der Waals surface area contributed by atoms with E-state index < -0.39 is 5.41 Å². The predicted octanol–water partition coefficient (Wildman–Crippen LogP) is 3.27. The van der Waals surface area contributed by atoms with E-state index in [4.69, 9.17) is 14.6 Å². The highest BCUT2D eigenvalue weighted by Gasteiger charge is 2.42. The van der Waals surface area contributed by atoms with Gasteiger partial charge in [-0.1, -0.05) is 48.5 Å². The lowest BCUT2D eigenvalue weighted by Gasteiger charge is -2.39. The van der Waals surface area contributed by atoms with Crippen molar-refractivity contribution in [1.29, 1.82) is 0 Å². The van der Waals surface area contributed by atoms with Crippen LogP contribution < -0.4 is 4.74 Å². The predicted molar refractivity (Wildman–Crippen MR) is 115 cm³/mol. The van der Waals surface area contributed by atoms with Crippen molar-refractivity contribution in [2.45, 2.75) is 31.7 Å². The number of aromatic nitrogens is 4. The maximum atomic E-state index is 12.2. The molecule has 4 rings (SSSR count). The lowest BCUT2D eigenvalue weighted by Crippen LogP contribution is -2.46. The van der Waals surface area contributed by atoms with Gasteiger partial charge in [0.05, 0.1) is 25.7 Å². The van der Waals surface area contributed by atoms with Gasteiger partial charge in [0, 0.05) is 18.7 Å². The number of ether oxygens (including phenoxy) is 2. The number of carbonyl (C=O) groups excluding carboxylic acids is 1. The summed E-state index contributed by atoms with van der Waals surface area (Å²) < 4.78 is 10.6. The first-order chi connectivity index (χ1) is 15.2. The van der Waals surface area contributed by atoms with Crippen molar-refractivity contribution in [2.24, 2.45) is 0 Å². The number of benzene rings is 2. The van der Waals surface area contributed by atoms with E-state index in [1.54, 1.807) is 16.8 Å². The van der Waals surface area contributed by atoms with Crippen LogP contribution in [0.1, 0.15) is 36.7 Å². The molecule has 0 radical (unpaired) electrons. The second-order valence-electron chi connectivity index (χ2n) is 7.59. The van der Waals surface area contributed by atoms with E-state index in [-0.39, 0.29) is 6.09 Å². The molecule has 31 heavy (non-hydrogen) atoms. The zero-order valence-corrected chi connectivity index (χ0v) is 17.9. The summed E-state index contributed by atoms with van der Waals surface area (Å²) in [5.74, 6) is 1.47. The van der Waals surface area contributed by atoms with E-state index in [1.807, 2.05) is 49.4 Å². The molecule has 1 aliphatic heterocycles. The fraction of sp³-hybridized carbons (Fsp3) is 0.391. The molecule has 1 aliphatic rings. The summed E-state index contributed by atoms with van der Waals surface area (Å²) in [5.41, 5.74) is 1.72. The maximum Gasteiger partial charge on any atom is 0.409 e. The number of rotatable bonds is 6. The highest BCUT2D eigenvalue weighted by atomic mass is 16.6. The lowest BCUT2D eigenvalue weighted by atomic mass is 9.72. The van der Waals surface area contributed by atoms with Crippen LogP contribution in [0.5, 0.6) is 5.75 Å². The molecule has 8 heteroatoms. The normalized spacial score (nSPS) is 15.5. The Morgan fingerprint density at radius 1 is 1.06 bits per heavy atom. The van der Waals surface area contributed by atoms with Crippen LogP contribution in [0.4, 0.5) is 4.79 Å². The van der Waals surface area contributed by atoms with E-state index in [0.29, 0.717) is 44.9 Å². The SMILES string of the molecule is CCOC(=O)N1CCC(c2ccccc2)(c2nnn(Cc3ccccc3OC)n2)CC1. The smallest absolute Gasteiger partial charge is 0.409 e. The number of methoxy groups -OCH3 is 1. The molecule has 0 N–H and O–H groups in total. The molecule has 3 aromatic rings. The van der Waals surface area contributed by atoms with Gasteiger partial charge < -0.3 is 14.4 Å². The molecule has 0 aliphatic carbocycles. The van der Waals surface area contributed by atoms with Crippen molar-refractivity contribution in [3.63, 3.8) is 0 Å². The van der Waals surface area contributed by atoms with E-state index in [2.05, 4.69) is 22.4 Å². The van der Waals surface area contributed by atoms with Gasteiger partial charge in [0.2, 0.25) is 0 Å². The van der Waals surface area contributed by atoms with Gasteiger partial charge in [-0.3, -0.25) is 0 Å². The molecule has 1 saturated heterocycles. The molecule has 162 valence electrons. The maximum absolute atomic E-state index is 12.2. The Hall–Kier alpha value is -3.42. The molecule has 8 nitrogen and oxygen atoms in total. The summed E-state index contributed by atoms with van der Waals surface area (Å²) in [7, 11) is 1.65. The zero-order chi connectivity index (χ0) is 21.7.